The number of aromatic nitrogens is 2. The number of aliphatic hydroxyl groups is 1. The summed E-state index contributed by atoms with van der Waals surface area (Å²) in [6.07, 6.45) is 1.70. The van der Waals surface area contributed by atoms with Gasteiger partial charge in [-0.1, -0.05) is 104 Å². The molecule has 0 spiro atoms. The van der Waals surface area contributed by atoms with Gasteiger partial charge in [-0.05, 0) is 41.3 Å². The van der Waals surface area contributed by atoms with Gasteiger partial charge < -0.3 is 21.1 Å². The van der Waals surface area contributed by atoms with Crippen LogP contribution in [0.4, 0.5) is 17.2 Å². The Labute approximate surface area is 254 Å². The molecule has 2 heterocycles. The monoisotopic (exact) mass is 586 g/mol. The SMILES string of the molecule is CC(C)(C)[SiH](c1ccccc1)c1ccccc1C(O)C1CC(=O)c2c([nH]c(-c3ccnc(N)c3)c2Nc2ccccc2)C1. The average Bonchev–Trinajstić information content (AvgIpc) is 3.36. The van der Waals surface area contributed by atoms with Crippen LogP contribution in [0, 0.1) is 5.92 Å². The van der Waals surface area contributed by atoms with Crippen molar-refractivity contribution < 1.29 is 9.90 Å². The fraction of sp³-hybridized carbons (Fsp3) is 0.222. The molecule has 3 atom stereocenters. The van der Waals surface area contributed by atoms with Crippen molar-refractivity contribution in [1.29, 1.82) is 0 Å². The summed E-state index contributed by atoms with van der Waals surface area (Å²) in [4.78, 5) is 21.7. The summed E-state index contributed by atoms with van der Waals surface area (Å²) in [7, 11) is -1.74. The maximum absolute atomic E-state index is 14.0. The van der Waals surface area contributed by atoms with Gasteiger partial charge >= 0.3 is 0 Å². The molecule has 218 valence electrons. The molecule has 0 saturated carbocycles. The zero-order valence-corrected chi connectivity index (χ0v) is 26.0. The Morgan fingerprint density at radius 1 is 0.953 bits per heavy atom. The number of H-pyrrole nitrogens is 1. The number of aliphatic hydroxyl groups excluding tert-OH is 1. The molecule has 0 aliphatic heterocycles. The number of para-hydroxylation sites is 1. The number of benzene rings is 3. The number of ketones is 1. The third-order valence-corrected chi connectivity index (χ3v) is 12.4. The number of carbonyl (C=O) groups is 1. The van der Waals surface area contributed by atoms with E-state index >= 15 is 0 Å². The first-order valence-electron chi connectivity index (χ1n) is 14.8. The van der Waals surface area contributed by atoms with Crippen LogP contribution < -0.4 is 21.4 Å². The second-order valence-electron chi connectivity index (χ2n) is 12.6. The van der Waals surface area contributed by atoms with E-state index in [0.29, 0.717) is 17.8 Å². The topological polar surface area (TPSA) is 104 Å². The summed E-state index contributed by atoms with van der Waals surface area (Å²) in [6.45, 7) is 6.89. The summed E-state index contributed by atoms with van der Waals surface area (Å²) in [6, 6.07) is 32.5. The second kappa shape index (κ2) is 11.7. The number of hydrogen-bond acceptors (Lipinski definition) is 5. The maximum Gasteiger partial charge on any atom is 0.167 e. The molecule has 1 aliphatic carbocycles. The molecule has 43 heavy (non-hydrogen) atoms. The Kier molecular flexibility index (Phi) is 7.77. The van der Waals surface area contributed by atoms with E-state index in [4.69, 9.17) is 5.73 Å². The maximum atomic E-state index is 14.0. The Morgan fingerprint density at radius 3 is 2.33 bits per heavy atom. The van der Waals surface area contributed by atoms with Crippen molar-refractivity contribution in [2.45, 2.75) is 44.8 Å². The molecular formula is C36H38N4O2Si. The molecule has 0 fully saturated rings. The summed E-state index contributed by atoms with van der Waals surface area (Å²) in [5.41, 5.74) is 11.7. The minimum absolute atomic E-state index is 0.0124. The third kappa shape index (κ3) is 5.78. The highest BCUT2D eigenvalue weighted by Crippen LogP contribution is 2.43. The van der Waals surface area contributed by atoms with Gasteiger partial charge in [0, 0.05) is 35.5 Å². The van der Waals surface area contributed by atoms with Crippen molar-refractivity contribution in [3.05, 3.63) is 120 Å². The Morgan fingerprint density at radius 2 is 1.63 bits per heavy atom. The molecule has 6 rings (SSSR count). The van der Waals surface area contributed by atoms with E-state index in [9.17, 15) is 9.90 Å². The molecule has 5 aromatic rings. The van der Waals surface area contributed by atoms with Gasteiger partial charge in [-0.2, -0.15) is 0 Å². The number of nitrogens with two attached hydrogens (primary N) is 1. The van der Waals surface area contributed by atoms with Crippen LogP contribution in [-0.4, -0.2) is 29.7 Å². The zero-order chi connectivity index (χ0) is 30.1. The number of fused-ring (bicyclic) bond motifs is 1. The molecule has 0 saturated heterocycles. The number of Topliss-reactive ketones (excluding diaryl/α,β-unsaturated/α-hetero) is 1. The molecule has 1 aliphatic rings. The number of anilines is 3. The Bertz CT molecular complexity index is 1740. The predicted molar refractivity (Wildman–Crippen MR) is 178 cm³/mol. The molecule has 0 bridgehead atoms. The predicted octanol–water partition coefficient (Wildman–Crippen LogP) is 6.02. The lowest BCUT2D eigenvalue weighted by atomic mass is 9.81. The standard InChI is InChI=1S/C36H38N4O2Si/c1-36(2,3)43(26-14-8-5-9-15-26)30-17-11-10-16-27(30)35(42)24-20-28-32(29(41)21-24)34(39-25-12-6-4-7-13-25)33(40-28)23-18-19-38-31(37)22-23/h4-19,22,24,35,39-40,42-43H,20-21H2,1-3H3,(H2,37,38). The van der Waals surface area contributed by atoms with Crippen LogP contribution in [0.2, 0.25) is 5.04 Å². The van der Waals surface area contributed by atoms with E-state index in [0.717, 1.165) is 33.9 Å². The number of carbonyl (C=O) groups excluding carboxylic acids is 1. The Hall–Kier alpha value is -4.46. The van der Waals surface area contributed by atoms with Crippen LogP contribution in [-0.2, 0) is 6.42 Å². The summed E-state index contributed by atoms with van der Waals surface area (Å²) < 4.78 is 0. The van der Waals surface area contributed by atoms with E-state index in [2.05, 4.69) is 84.6 Å². The molecular weight excluding hydrogens is 549 g/mol. The highest BCUT2D eigenvalue weighted by atomic mass is 28.3. The first-order valence-corrected chi connectivity index (χ1v) is 16.6. The fourth-order valence-corrected chi connectivity index (χ4v) is 10.4. The van der Waals surface area contributed by atoms with Crippen LogP contribution in [0.15, 0.2) is 103 Å². The van der Waals surface area contributed by atoms with Crippen LogP contribution in [0.25, 0.3) is 11.3 Å². The molecule has 0 amide bonds. The smallest absolute Gasteiger partial charge is 0.167 e. The van der Waals surface area contributed by atoms with E-state index < -0.39 is 14.9 Å². The quantitative estimate of drug-likeness (QED) is 0.175. The first-order chi connectivity index (χ1) is 20.7. The van der Waals surface area contributed by atoms with Gasteiger partial charge in [-0.15, -0.1) is 0 Å². The van der Waals surface area contributed by atoms with Crippen molar-refractivity contribution in [3.8, 4) is 11.3 Å². The first kappa shape index (κ1) is 28.6. The molecule has 7 heteroatoms. The summed E-state index contributed by atoms with van der Waals surface area (Å²) in [5.74, 6) is 0.159. The number of nitrogens with one attached hydrogen (secondary N) is 2. The van der Waals surface area contributed by atoms with Crippen molar-refractivity contribution in [3.63, 3.8) is 0 Å². The molecule has 6 nitrogen and oxygen atoms in total. The summed E-state index contributed by atoms with van der Waals surface area (Å²) >= 11 is 0. The minimum Gasteiger partial charge on any atom is -0.388 e. The van der Waals surface area contributed by atoms with Crippen LogP contribution in [0.1, 0.15) is 54.9 Å². The van der Waals surface area contributed by atoms with Gasteiger partial charge in [0.25, 0.3) is 0 Å². The van der Waals surface area contributed by atoms with Gasteiger partial charge in [0.2, 0.25) is 0 Å². The highest BCUT2D eigenvalue weighted by Gasteiger charge is 2.38. The summed E-state index contributed by atoms with van der Waals surface area (Å²) in [5, 5.41) is 18.1. The van der Waals surface area contributed by atoms with Crippen LogP contribution >= 0.6 is 0 Å². The van der Waals surface area contributed by atoms with Crippen LogP contribution in [0.5, 0.6) is 0 Å². The lowest BCUT2D eigenvalue weighted by molar-refractivity contribution is 0.0758. The van der Waals surface area contributed by atoms with E-state index in [1.165, 1.54) is 10.4 Å². The van der Waals surface area contributed by atoms with Gasteiger partial charge in [-0.3, -0.25) is 4.79 Å². The fourth-order valence-electron chi connectivity index (χ4n) is 6.61. The molecule has 3 unspecified atom stereocenters. The van der Waals surface area contributed by atoms with Crippen molar-refractivity contribution in [2.24, 2.45) is 5.92 Å². The van der Waals surface area contributed by atoms with E-state index in [1.807, 2.05) is 42.5 Å². The van der Waals surface area contributed by atoms with Crippen molar-refractivity contribution in [1.82, 2.24) is 9.97 Å². The molecule has 5 N–H and O–H groups in total. The number of aromatic amines is 1. The second-order valence-corrected chi connectivity index (χ2v) is 16.5. The number of nitrogen functional groups attached to an aromatic ring is 1. The largest absolute Gasteiger partial charge is 0.388 e. The van der Waals surface area contributed by atoms with E-state index in [-0.39, 0.29) is 23.2 Å². The Balaban J connectivity index is 1.39. The third-order valence-electron chi connectivity index (χ3n) is 8.45. The van der Waals surface area contributed by atoms with Crippen molar-refractivity contribution >= 4 is 42.1 Å². The van der Waals surface area contributed by atoms with Gasteiger partial charge in [-0.25, -0.2) is 4.98 Å². The van der Waals surface area contributed by atoms with Gasteiger partial charge in [0.1, 0.15) is 14.6 Å². The lowest BCUT2D eigenvalue weighted by Gasteiger charge is -2.34. The number of rotatable bonds is 7. The number of hydrogen-bond donors (Lipinski definition) is 4. The van der Waals surface area contributed by atoms with Crippen LogP contribution in [0.3, 0.4) is 0 Å². The van der Waals surface area contributed by atoms with E-state index in [1.54, 1.807) is 12.3 Å². The molecule has 2 aromatic heterocycles. The normalized spacial score (nSPS) is 16.4. The number of nitrogens with zero attached hydrogens (tertiary/aromatic N) is 1. The number of pyridine rings is 1. The van der Waals surface area contributed by atoms with Gasteiger partial charge in [0.05, 0.1) is 23.0 Å². The molecule has 0 radical (unpaired) electrons. The minimum atomic E-state index is -1.74. The van der Waals surface area contributed by atoms with Gasteiger partial charge in [0.15, 0.2) is 5.78 Å². The highest BCUT2D eigenvalue weighted by molar-refractivity contribution is 6.87. The zero-order valence-electron chi connectivity index (χ0n) is 24.8. The molecule has 3 aromatic carbocycles. The van der Waals surface area contributed by atoms with Crippen molar-refractivity contribution in [2.75, 3.05) is 11.1 Å². The lowest BCUT2D eigenvalue weighted by Crippen LogP contribution is -2.51. The average molecular weight is 587 g/mol.